The van der Waals surface area contributed by atoms with E-state index in [2.05, 4.69) is 26.6 Å². The molecule has 6 heteroatoms. The fraction of sp³-hybridized carbons (Fsp3) is 0.538. The molecule has 32 heavy (non-hydrogen) atoms. The second kappa shape index (κ2) is 12.5. The molecule has 0 atom stereocenters. The van der Waals surface area contributed by atoms with Crippen LogP contribution in [0.5, 0.6) is 0 Å². The Morgan fingerprint density at radius 2 is 1.50 bits per heavy atom. The number of amides is 2. The standard InChI is InChI=1S/C26H35BrN2O2S/c1-18(2)17-23(30)29-26-24(25(31)28-20-15-13-19(27)14-16-20)21-11-9-7-5-3-4-6-8-10-12-22(21)32-26/h13-16,18H,3-12,17H2,1-2H3,(H,28,31)(H,29,30). The SMILES string of the molecule is CC(C)CC(=O)Nc1sc2c(c1C(=O)Nc1ccc(Br)cc1)CCCCCCCCCC2. The molecule has 1 aliphatic rings. The molecule has 2 N–H and O–H groups in total. The van der Waals surface area contributed by atoms with Gasteiger partial charge in [0.1, 0.15) is 5.00 Å². The average Bonchev–Trinajstić information content (AvgIpc) is 3.05. The van der Waals surface area contributed by atoms with Crippen LogP contribution in [-0.4, -0.2) is 11.8 Å². The lowest BCUT2D eigenvalue weighted by Gasteiger charge is -2.12. The van der Waals surface area contributed by atoms with E-state index in [1.54, 1.807) is 11.3 Å². The van der Waals surface area contributed by atoms with Crippen molar-refractivity contribution in [3.05, 3.63) is 44.7 Å². The van der Waals surface area contributed by atoms with Crippen molar-refractivity contribution in [1.29, 1.82) is 0 Å². The molecule has 0 spiro atoms. The summed E-state index contributed by atoms with van der Waals surface area (Å²) in [4.78, 5) is 27.3. The van der Waals surface area contributed by atoms with Crippen LogP contribution in [0.4, 0.5) is 10.7 Å². The largest absolute Gasteiger partial charge is 0.322 e. The van der Waals surface area contributed by atoms with Crippen molar-refractivity contribution in [2.45, 2.75) is 84.5 Å². The zero-order valence-corrected chi connectivity index (χ0v) is 21.7. The Bertz CT molecular complexity index is 905. The van der Waals surface area contributed by atoms with Crippen LogP contribution in [0.15, 0.2) is 28.7 Å². The van der Waals surface area contributed by atoms with Gasteiger partial charge in [-0.05, 0) is 61.4 Å². The highest BCUT2D eigenvalue weighted by Gasteiger charge is 2.25. The third-order valence-electron chi connectivity index (χ3n) is 5.85. The van der Waals surface area contributed by atoms with Crippen molar-refractivity contribution in [2.24, 2.45) is 5.92 Å². The highest BCUT2D eigenvalue weighted by molar-refractivity contribution is 9.10. The molecule has 0 radical (unpaired) electrons. The van der Waals surface area contributed by atoms with Crippen molar-refractivity contribution in [3.63, 3.8) is 0 Å². The molecule has 1 aromatic carbocycles. The molecular weight excluding hydrogens is 484 g/mol. The smallest absolute Gasteiger partial charge is 0.258 e. The van der Waals surface area contributed by atoms with Gasteiger partial charge < -0.3 is 10.6 Å². The zero-order valence-electron chi connectivity index (χ0n) is 19.3. The van der Waals surface area contributed by atoms with Gasteiger partial charge in [0.25, 0.3) is 5.91 Å². The maximum absolute atomic E-state index is 13.5. The van der Waals surface area contributed by atoms with Gasteiger partial charge >= 0.3 is 0 Å². The van der Waals surface area contributed by atoms with Gasteiger partial charge in [-0.15, -0.1) is 11.3 Å². The first-order chi connectivity index (χ1) is 15.4. The fourth-order valence-corrected chi connectivity index (χ4v) is 5.80. The highest BCUT2D eigenvalue weighted by atomic mass is 79.9. The Morgan fingerprint density at radius 1 is 0.906 bits per heavy atom. The number of benzene rings is 1. The monoisotopic (exact) mass is 518 g/mol. The zero-order chi connectivity index (χ0) is 22.9. The summed E-state index contributed by atoms with van der Waals surface area (Å²) in [7, 11) is 0. The van der Waals surface area contributed by atoms with E-state index < -0.39 is 0 Å². The van der Waals surface area contributed by atoms with Crippen molar-refractivity contribution in [3.8, 4) is 0 Å². The Hall–Kier alpha value is -1.66. The number of anilines is 2. The predicted octanol–water partition coefficient (Wildman–Crippen LogP) is 7.97. The highest BCUT2D eigenvalue weighted by Crippen LogP contribution is 2.37. The number of aryl methyl sites for hydroxylation is 1. The van der Waals surface area contributed by atoms with E-state index in [9.17, 15) is 9.59 Å². The van der Waals surface area contributed by atoms with Crippen molar-refractivity contribution in [1.82, 2.24) is 0 Å². The summed E-state index contributed by atoms with van der Waals surface area (Å²) in [5, 5.41) is 6.85. The summed E-state index contributed by atoms with van der Waals surface area (Å²) in [6.45, 7) is 4.07. The number of rotatable bonds is 5. The third-order valence-corrected chi connectivity index (χ3v) is 7.58. The van der Waals surface area contributed by atoms with Gasteiger partial charge in [0, 0.05) is 21.5 Å². The molecule has 0 aliphatic heterocycles. The number of halogens is 1. The molecule has 2 amide bonds. The number of hydrogen-bond acceptors (Lipinski definition) is 3. The van der Waals surface area contributed by atoms with Crippen molar-refractivity contribution in [2.75, 3.05) is 10.6 Å². The van der Waals surface area contributed by atoms with Gasteiger partial charge in [-0.1, -0.05) is 68.3 Å². The molecule has 0 saturated heterocycles. The fourth-order valence-electron chi connectivity index (χ4n) is 4.23. The maximum atomic E-state index is 13.5. The summed E-state index contributed by atoms with van der Waals surface area (Å²) >= 11 is 5.05. The first kappa shape index (κ1) is 25.0. The summed E-state index contributed by atoms with van der Waals surface area (Å²) < 4.78 is 0.970. The molecule has 3 rings (SSSR count). The Kier molecular flexibility index (Phi) is 9.79. The Morgan fingerprint density at radius 3 is 2.12 bits per heavy atom. The molecule has 2 aromatic rings. The first-order valence-corrected chi connectivity index (χ1v) is 13.6. The lowest BCUT2D eigenvalue weighted by atomic mass is 9.97. The molecule has 4 nitrogen and oxygen atoms in total. The van der Waals surface area contributed by atoms with Gasteiger partial charge in [0.2, 0.25) is 5.91 Å². The van der Waals surface area contributed by atoms with Crippen LogP contribution in [0.1, 0.15) is 92.4 Å². The van der Waals surface area contributed by atoms with E-state index in [4.69, 9.17) is 0 Å². The lowest BCUT2D eigenvalue weighted by molar-refractivity contribution is -0.116. The summed E-state index contributed by atoms with van der Waals surface area (Å²) in [5.41, 5.74) is 2.57. The predicted molar refractivity (Wildman–Crippen MR) is 139 cm³/mol. The van der Waals surface area contributed by atoms with E-state index in [0.29, 0.717) is 17.0 Å². The molecule has 1 aromatic heterocycles. The van der Waals surface area contributed by atoms with Crippen LogP contribution in [-0.2, 0) is 17.6 Å². The van der Waals surface area contributed by atoms with E-state index in [1.165, 1.54) is 43.4 Å². The van der Waals surface area contributed by atoms with Crippen LogP contribution in [0.3, 0.4) is 0 Å². The average molecular weight is 520 g/mol. The number of thiophene rings is 1. The number of hydrogen-bond donors (Lipinski definition) is 2. The molecule has 1 heterocycles. The lowest BCUT2D eigenvalue weighted by Crippen LogP contribution is -2.19. The van der Waals surface area contributed by atoms with Gasteiger partial charge in [-0.2, -0.15) is 0 Å². The minimum absolute atomic E-state index is 0.0186. The molecule has 0 saturated carbocycles. The summed E-state index contributed by atoms with van der Waals surface area (Å²) in [6, 6.07) is 7.61. The normalized spacial score (nSPS) is 15.4. The topological polar surface area (TPSA) is 58.2 Å². The number of nitrogens with one attached hydrogen (secondary N) is 2. The molecule has 0 fully saturated rings. The Labute approximate surface area is 204 Å². The second-order valence-electron chi connectivity index (χ2n) is 9.14. The number of carbonyl (C=O) groups excluding carboxylic acids is 2. The Balaban J connectivity index is 1.92. The minimum atomic E-state index is -0.128. The van der Waals surface area contributed by atoms with E-state index in [1.807, 2.05) is 38.1 Å². The summed E-state index contributed by atoms with van der Waals surface area (Å²) in [5.74, 6) is 0.127. The maximum Gasteiger partial charge on any atom is 0.258 e. The molecule has 174 valence electrons. The molecule has 1 aliphatic carbocycles. The van der Waals surface area contributed by atoms with E-state index >= 15 is 0 Å². The number of fused-ring (bicyclic) bond motifs is 1. The van der Waals surface area contributed by atoms with Crippen LogP contribution < -0.4 is 10.6 Å². The van der Waals surface area contributed by atoms with Gasteiger partial charge in [0.05, 0.1) is 5.56 Å². The minimum Gasteiger partial charge on any atom is -0.322 e. The van der Waals surface area contributed by atoms with Gasteiger partial charge in [-0.3, -0.25) is 9.59 Å². The van der Waals surface area contributed by atoms with Gasteiger partial charge in [-0.25, -0.2) is 0 Å². The second-order valence-corrected chi connectivity index (χ2v) is 11.2. The third kappa shape index (κ3) is 7.45. The quantitative estimate of drug-likeness (QED) is 0.421. The molecular formula is C26H35BrN2O2S. The van der Waals surface area contributed by atoms with E-state index in [0.717, 1.165) is 41.4 Å². The molecule has 0 bridgehead atoms. The molecule has 0 unspecified atom stereocenters. The van der Waals surface area contributed by atoms with E-state index in [-0.39, 0.29) is 17.7 Å². The van der Waals surface area contributed by atoms with Crippen LogP contribution in [0, 0.1) is 5.92 Å². The number of carbonyl (C=O) groups is 2. The van der Waals surface area contributed by atoms with Crippen molar-refractivity contribution < 1.29 is 9.59 Å². The van der Waals surface area contributed by atoms with Gasteiger partial charge in [0.15, 0.2) is 0 Å². The van der Waals surface area contributed by atoms with Crippen molar-refractivity contribution >= 4 is 49.8 Å². The summed E-state index contributed by atoms with van der Waals surface area (Å²) in [6.07, 6.45) is 12.2. The van der Waals surface area contributed by atoms with Crippen LogP contribution in [0.25, 0.3) is 0 Å². The van der Waals surface area contributed by atoms with Crippen LogP contribution >= 0.6 is 27.3 Å². The van der Waals surface area contributed by atoms with Crippen LogP contribution in [0.2, 0.25) is 0 Å². The first-order valence-electron chi connectivity index (χ1n) is 12.0.